The molecule has 8 heteroatoms. The number of rotatable bonds is 4. The van der Waals surface area contributed by atoms with Crippen LogP contribution in [-0.4, -0.2) is 30.0 Å². The van der Waals surface area contributed by atoms with Gasteiger partial charge in [-0.1, -0.05) is 42.8 Å². The molecule has 1 unspecified atom stereocenters. The third-order valence-corrected chi connectivity index (χ3v) is 6.43. The second kappa shape index (κ2) is 9.07. The van der Waals surface area contributed by atoms with Crippen molar-refractivity contribution in [3.63, 3.8) is 0 Å². The summed E-state index contributed by atoms with van der Waals surface area (Å²) in [6.45, 7) is 2.79. The maximum atomic E-state index is 13.9. The van der Waals surface area contributed by atoms with E-state index in [1.54, 1.807) is 18.2 Å². The summed E-state index contributed by atoms with van der Waals surface area (Å²) in [6, 6.07) is 15.1. The minimum atomic E-state index is -0.948. The molecule has 1 N–H and O–H groups in total. The predicted octanol–water partition coefficient (Wildman–Crippen LogP) is 5.44. The SMILES string of the molecule is CCc1ccc(C2/C(=C(/O)c3ccc4c(c3)OCCO4)C(=O)C(=O)N2c2ccc(F)c(Cl)c2)cc1. The molecule has 3 aromatic carbocycles. The fourth-order valence-electron chi connectivity index (χ4n) is 4.33. The molecule has 35 heavy (non-hydrogen) atoms. The maximum absolute atomic E-state index is 13.9. The Hall–Kier alpha value is -3.84. The molecule has 0 bridgehead atoms. The lowest BCUT2D eigenvalue weighted by Crippen LogP contribution is -2.29. The van der Waals surface area contributed by atoms with Crippen molar-refractivity contribution in [3.05, 3.63) is 93.8 Å². The minimum absolute atomic E-state index is 0.0867. The summed E-state index contributed by atoms with van der Waals surface area (Å²) in [5.74, 6) is -1.74. The van der Waals surface area contributed by atoms with Crippen LogP contribution in [0.25, 0.3) is 5.76 Å². The van der Waals surface area contributed by atoms with E-state index < -0.39 is 23.5 Å². The number of ketones is 1. The van der Waals surface area contributed by atoms with Gasteiger partial charge in [-0.15, -0.1) is 0 Å². The van der Waals surface area contributed by atoms with Gasteiger partial charge < -0.3 is 14.6 Å². The van der Waals surface area contributed by atoms with Crippen LogP contribution in [0.5, 0.6) is 11.5 Å². The van der Waals surface area contributed by atoms with Crippen LogP contribution < -0.4 is 14.4 Å². The highest BCUT2D eigenvalue weighted by Gasteiger charge is 2.47. The number of ether oxygens (including phenoxy) is 2. The maximum Gasteiger partial charge on any atom is 0.300 e. The molecule has 178 valence electrons. The number of aryl methyl sites for hydroxylation is 1. The van der Waals surface area contributed by atoms with Crippen LogP contribution in [0.3, 0.4) is 0 Å². The van der Waals surface area contributed by atoms with Gasteiger partial charge in [-0.2, -0.15) is 0 Å². The third-order valence-electron chi connectivity index (χ3n) is 6.15. The molecule has 1 saturated heterocycles. The number of hydrogen-bond donors (Lipinski definition) is 1. The lowest BCUT2D eigenvalue weighted by molar-refractivity contribution is -0.132. The second-order valence-electron chi connectivity index (χ2n) is 8.22. The number of anilines is 1. The zero-order valence-electron chi connectivity index (χ0n) is 18.8. The van der Waals surface area contributed by atoms with E-state index in [-0.39, 0.29) is 22.0 Å². The molecule has 5 rings (SSSR count). The highest BCUT2D eigenvalue weighted by atomic mass is 35.5. The van der Waals surface area contributed by atoms with E-state index in [1.807, 2.05) is 31.2 Å². The van der Waals surface area contributed by atoms with Gasteiger partial charge in [0, 0.05) is 11.3 Å². The van der Waals surface area contributed by atoms with E-state index in [2.05, 4.69) is 0 Å². The van der Waals surface area contributed by atoms with Crippen LogP contribution in [0.15, 0.2) is 66.2 Å². The standard InChI is InChI=1S/C27H21ClFNO5/c1-2-15-3-5-16(6-4-15)24-23(25(31)17-7-10-21-22(13-17)35-12-11-34-21)26(32)27(33)30(24)18-8-9-20(29)19(28)14-18/h3-10,13-14,24,31H,2,11-12H2,1H3/b25-23-. The number of aliphatic hydroxyl groups is 1. The molecular formula is C27H21ClFNO5. The van der Waals surface area contributed by atoms with Crippen LogP contribution in [0.4, 0.5) is 10.1 Å². The first-order chi connectivity index (χ1) is 16.9. The van der Waals surface area contributed by atoms with Crippen LogP contribution in [0, 0.1) is 5.82 Å². The molecule has 2 aliphatic heterocycles. The first kappa shape index (κ1) is 22.9. The zero-order valence-corrected chi connectivity index (χ0v) is 19.5. The van der Waals surface area contributed by atoms with Crippen molar-refractivity contribution in [2.24, 2.45) is 0 Å². The van der Waals surface area contributed by atoms with Crippen molar-refractivity contribution in [2.75, 3.05) is 18.1 Å². The van der Waals surface area contributed by atoms with Gasteiger partial charge in [0.2, 0.25) is 0 Å². The fraction of sp³-hybridized carbons (Fsp3) is 0.185. The normalized spacial score (nSPS) is 18.7. The van der Waals surface area contributed by atoms with E-state index in [9.17, 15) is 19.1 Å². The van der Waals surface area contributed by atoms with Crippen molar-refractivity contribution >= 4 is 34.7 Å². The molecule has 2 heterocycles. The Kier molecular flexibility index (Phi) is 5.94. The molecule has 0 aliphatic carbocycles. The molecule has 1 amide bonds. The Balaban J connectivity index is 1.69. The summed E-state index contributed by atoms with van der Waals surface area (Å²) >= 11 is 5.99. The van der Waals surface area contributed by atoms with Gasteiger partial charge in [-0.25, -0.2) is 4.39 Å². The lowest BCUT2D eigenvalue weighted by Gasteiger charge is -2.26. The van der Waals surface area contributed by atoms with Gasteiger partial charge in [0.15, 0.2) is 11.5 Å². The average molecular weight is 494 g/mol. The number of carbonyl (C=O) groups is 2. The van der Waals surface area contributed by atoms with Gasteiger partial charge in [0.25, 0.3) is 11.7 Å². The number of fused-ring (bicyclic) bond motifs is 1. The van der Waals surface area contributed by atoms with Crippen molar-refractivity contribution in [2.45, 2.75) is 19.4 Å². The summed E-state index contributed by atoms with van der Waals surface area (Å²) in [6.07, 6.45) is 0.811. The number of Topliss-reactive ketones (excluding diaryl/α,β-unsaturated/α-hetero) is 1. The Labute approximate surface area is 206 Å². The molecule has 0 spiro atoms. The van der Waals surface area contributed by atoms with E-state index >= 15 is 0 Å². The van der Waals surface area contributed by atoms with E-state index in [0.717, 1.165) is 18.1 Å². The topological polar surface area (TPSA) is 76.1 Å². The van der Waals surface area contributed by atoms with Gasteiger partial charge >= 0.3 is 0 Å². The first-order valence-electron chi connectivity index (χ1n) is 11.1. The van der Waals surface area contributed by atoms with Crippen LogP contribution in [-0.2, 0) is 16.0 Å². The Morgan fingerprint density at radius 2 is 1.74 bits per heavy atom. The van der Waals surface area contributed by atoms with Gasteiger partial charge in [-0.05, 0) is 53.9 Å². The third kappa shape index (κ3) is 4.02. The lowest BCUT2D eigenvalue weighted by atomic mass is 9.94. The van der Waals surface area contributed by atoms with E-state index in [4.69, 9.17) is 21.1 Å². The number of carbonyl (C=O) groups excluding carboxylic acids is 2. The van der Waals surface area contributed by atoms with Crippen molar-refractivity contribution in [3.8, 4) is 11.5 Å². The number of benzene rings is 3. The van der Waals surface area contributed by atoms with Gasteiger partial charge in [0.1, 0.15) is 24.8 Å². The van der Waals surface area contributed by atoms with Gasteiger partial charge in [-0.3, -0.25) is 14.5 Å². The monoisotopic (exact) mass is 493 g/mol. The smallest absolute Gasteiger partial charge is 0.300 e. The van der Waals surface area contributed by atoms with Crippen LogP contribution >= 0.6 is 11.6 Å². The molecule has 6 nitrogen and oxygen atoms in total. The summed E-state index contributed by atoms with van der Waals surface area (Å²) in [4.78, 5) is 27.8. The fourth-order valence-corrected chi connectivity index (χ4v) is 4.51. The summed E-state index contributed by atoms with van der Waals surface area (Å²) in [7, 11) is 0. The minimum Gasteiger partial charge on any atom is -0.507 e. The highest BCUT2D eigenvalue weighted by Crippen LogP contribution is 2.43. The van der Waals surface area contributed by atoms with Crippen LogP contribution in [0.2, 0.25) is 5.02 Å². The molecule has 1 fully saturated rings. The molecule has 2 aliphatic rings. The summed E-state index contributed by atoms with van der Waals surface area (Å²) in [5.41, 5.74) is 2.14. The Morgan fingerprint density at radius 1 is 1.03 bits per heavy atom. The van der Waals surface area contributed by atoms with Gasteiger partial charge in [0.05, 0.1) is 16.6 Å². The first-order valence-corrected chi connectivity index (χ1v) is 11.5. The molecule has 0 aromatic heterocycles. The summed E-state index contributed by atoms with van der Waals surface area (Å²) in [5, 5.41) is 11.1. The van der Waals surface area contributed by atoms with E-state index in [1.165, 1.54) is 17.0 Å². The number of amides is 1. The Morgan fingerprint density at radius 3 is 2.43 bits per heavy atom. The number of nitrogens with zero attached hydrogens (tertiary/aromatic N) is 1. The van der Waals surface area contributed by atoms with Crippen molar-refractivity contribution < 1.29 is 28.6 Å². The largest absolute Gasteiger partial charge is 0.507 e. The van der Waals surface area contributed by atoms with Crippen molar-refractivity contribution in [1.82, 2.24) is 0 Å². The molecule has 1 atom stereocenters. The zero-order chi connectivity index (χ0) is 24.7. The van der Waals surface area contributed by atoms with Crippen LogP contribution in [0.1, 0.15) is 29.7 Å². The van der Waals surface area contributed by atoms with E-state index in [0.29, 0.717) is 35.8 Å². The van der Waals surface area contributed by atoms with Crippen molar-refractivity contribution in [1.29, 1.82) is 0 Å². The number of aliphatic hydroxyl groups excluding tert-OH is 1. The molecule has 0 radical (unpaired) electrons. The molecule has 3 aromatic rings. The quantitative estimate of drug-likeness (QED) is 0.297. The molecule has 0 saturated carbocycles. The highest BCUT2D eigenvalue weighted by molar-refractivity contribution is 6.51. The molecular weight excluding hydrogens is 473 g/mol. The second-order valence-corrected chi connectivity index (χ2v) is 8.63. The summed E-state index contributed by atoms with van der Waals surface area (Å²) < 4.78 is 25.0. The predicted molar refractivity (Wildman–Crippen MR) is 129 cm³/mol. The number of hydrogen-bond acceptors (Lipinski definition) is 5. The Bertz CT molecular complexity index is 1370. The number of halogens is 2. The average Bonchev–Trinajstić information content (AvgIpc) is 3.15.